The van der Waals surface area contributed by atoms with E-state index in [1.165, 1.54) is 5.56 Å². The zero-order chi connectivity index (χ0) is 18.1. The van der Waals surface area contributed by atoms with Gasteiger partial charge in [0.05, 0.1) is 5.92 Å². The predicted octanol–water partition coefficient (Wildman–Crippen LogP) is 4.26. The van der Waals surface area contributed by atoms with Gasteiger partial charge in [-0.25, -0.2) is 0 Å². The second-order valence-corrected chi connectivity index (χ2v) is 7.06. The molecular formula is C20H21ClN2O2. The van der Waals surface area contributed by atoms with Crippen LogP contribution in [0.1, 0.15) is 23.1 Å². The van der Waals surface area contributed by atoms with Crippen molar-refractivity contribution in [3.63, 3.8) is 0 Å². The van der Waals surface area contributed by atoms with Crippen LogP contribution in [0.4, 0.5) is 11.4 Å². The van der Waals surface area contributed by atoms with Gasteiger partial charge in [0.2, 0.25) is 11.8 Å². The lowest BCUT2D eigenvalue weighted by molar-refractivity contribution is -0.122. The van der Waals surface area contributed by atoms with Gasteiger partial charge in [0.15, 0.2) is 0 Å². The molecule has 0 saturated carbocycles. The van der Waals surface area contributed by atoms with Gasteiger partial charge in [0.25, 0.3) is 0 Å². The van der Waals surface area contributed by atoms with Crippen molar-refractivity contribution in [2.45, 2.75) is 27.2 Å². The highest BCUT2D eigenvalue weighted by Crippen LogP contribution is 2.28. The van der Waals surface area contributed by atoms with Crippen molar-refractivity contribution in [2.24, 2.45) is 5.92 Å². The molecule has 2 amide bonds. The molecular weight excluding hydrogens is 336 g/mol. The van der Waals surface area contributed by atoms with Crippen molar-refractivity contribution in [3.05, 3.63) is 58.1 Å². The third-order valence-electron chi connectivity index (χ3n) is 4.76. The molecule has 5 heteroatoms. The summed E-state index contributed by atoms with van der Waals surface area (Å²) in [5.74, 6) is -0.538. The molecule has 2 aromatic carbocycles. The summed E-state index contributed by atoms with van der Waals surface area (Å²) in [6, 6.07) is 11.3. The molecule has 25 heavy (non-hydrogen) atoms. The molecule has 1 aliphatic heterocycles. The lowest BCUT2D eigenvalue weighted by atomic mass is 10.1. The summed E-state index contributed by atoms with van der Waals surface area (Å²) < 4.78 is 0. The Kier molecular flexibility index (Phi) is 4.82. The van der Waals surface area contributed by atoms with Gasteiger partial charge in [0, 0.05) is 29.4 Å². The lowest BCUT2D eigenvalue weighted by Gasteiger charge is -2.18. The normalized spacial score (nSPS) is 17.0. The molecule has 3 rings (SSSR count). The van der Waals surface area contributed by atoms with Crippen LogP contribution in [-0.4, -0.2) is 18.4 Å². The smallest absolute Gasteiger partial charge is 0.229 e. The van der Waals surface area contributed by atoms with Crippen molar-refractivity contribution >= 4 is 34.8 Å². The number of halogens is 1. The summed E-state index contributed by atoms with van der Waals surface area (Å²) in [7, 11) is 0. The molecule has 1 fully saturated rings. The molecule has 1 N–H and O–H groups in total. The molecule has 0 aliphatic carbocycles. The van der Waals surface area contributed by atoms with Gasteiger partial charge in [-0.05, 0) is 61.7 Å². The third-order valence-corrected chi connectivity index (χ3v) is 4.99. The van der Waals surface area contributed by atoms with Crippen LogP contribution in [0, 0.1) is 26.7 Å². The van der Waals surface area contributed by atoms with Crippen molar-refractivity contribution in [1.29, 1.82) is 0 Å². The minimum absolute atomic E-state index is 0.0220. The van der Waals surface area contributed by atoms with E-state index in [0.717, 1.165) is 16.8 Å². The molecule has 2 aromatic rings. The Balaban J connectivity index is 1.74. The monoisotopic (exact) mass is 356 g/mol. The maximum Gasteiger partial charge on any atom is 0.229 e. The van der Waals surface area contributed by atoms with Gasteiger partial charge < -0.3 is 10.2 Å². The Morgan fingerprint density at radius 1 is 1.08 bits per heavy atom. The first-order valence-electron chi connectivity index (χ1n) is 8.30. The van der Waals surface area contributed by atoms with Crippen LogP contribution in [0.3, 0.4) is 0 Å². The minimum Gasteiger partial charge on any atom is -0.325 e. The number of aryl methyl sites for hydroxylation is 3. The number of amides is 2. The Labute approximate surface area is 152 Å². The molecule has 1 saturated heterocycles. The molecule has 0 bridgehead atoms. The largest absolute Gasteiger partial charge is 0.325 e. The van der Waals surface area contributed by atoms with Gasteiger partial charge >= 0.3 is 0 Å². The molecule has 130 valence electrons. The molecule has 0 radical (unpaired) electrons. The third kappa shape index (κ3) is 3.69. The Hall–Kier alpha value is -2.33. The van der Waals surface area contributed by atoms with Crippen LogP contribution in [-0.2, 0) is 9.59 Å². The van der Waals surface area contributed by atoms with Crippen molar-refractivity contribution in [3.8, 4) is 0 Å². The summed E-state index contributed by atoms with van der Waals surface area (Å²) in [4.78, 5) is 26.7. The fraction of sp³-hybridized carbons (Fsp3) is 0.300. The van der Waals surface area contributed by atoms with E-state index in [4.69, 9.17) is 11.6 Å². The zero-order valence-electron chi connectivity index (χ0n) is 14.6. The molecule has 4 nitrogen and oxygen atoms in total. The van der Waals surface area contributed by atoms with Gasteiger partial charge in [-0.2, -0.15) is 0 Å². The molecule has 1 atom stereocenters. The fourth-order valence-corrected chi connectivity index (χ4v) is 3.16. The first kappa shape index (κ1) is 17.5. The minimum atomic E-state index is -0.368. The van der Waals surface area contributed by atoms with Gasteiger partial charge in [-0.15, -0.1) is 0 Å². The van der Waals surface area contributed by atoms with Crippen LogP contribution in [0.2, 0.25) is 5.02 Å². The lowest BCUT2D eigenvalue weighted by Crippen LogP contribution is -2.28. The molecule has 0 spiro atoms. The van der Waals surface area contributed by atoms with E-state index in [9.17, 15) is 9.59 Å². The average molecular weight is 357 g/mol. The van der Waals surface area contributed by atoms with Crippen LogP contribution < -0.4 is 10.2 Å². The number of nitrogens with zero attached hydrogens (tertiary/aromatic N) is 1. The first-order valence-corrected chi connectivity index (χ1v) is 8.67. The van der Waals surface area contributed by atoms with Crippen molar-refractivity contribution in [1.82, 2.24) is 0 Å². The standard InChI is InChI=1S/C20H21ClN2O2/c1-12-5-7-17(8-14(12)3)23-11-15(9-19(23)24)20(25)22-18-10-16(21)6-4-13(18)2/h4-8,10,15H,9,11H2,1-3H3,(H,22,25)/t15-/m1/s1. The van der Waals surface area contributed by atoms with Crippen molar-refractivity contribution in [2.75, 3.05) is 16.8 Å². The Morgan fingerprint density at radius 3 is 2.52 bits per heavy atom. The summed E-state index contributed by atoms with van der Waals surface area (Å²) in [5, 5.41) is 3.47. The number of rotatable bonds is 3. The van der Waals surface area contributed by atoms with Crippen LogP contribution in [0.25, 0.3) is 0 Å². The fourth-order valence-electron chi connectivity index (χ4n) is 2.99. The molecule has 1 aliphatic rings. The van der Waals surface area contributed by atoms with Crippen molar-refractivity contribution < 1.29 is 9.59 Å². The van der Waals surface area contributed by atoms with Gasteiger partial charge in [-0.3, -0.25) is 9.59 Å². The molecule has 0 unspecified atom stereocenters. The maximum atomic E-state index is 12.6. The highest BCUT2D eigenvalue weighted by atomic mass is 35.5. The van der Waals surface area contributed by atoms with E-state index in [-0.39, 0.29) is 24.2 Å². The number of hydrogen-bond donors (Lipinski definition) is 1. The highest BCUT2D eigenvalue weighted by molar-refractivity contribution is 6.31. The molecule has 0 aromatic heterocycles. The van der Waals surface area contributed by atoms with Gasteiger partial charge in [-0.1, -0.05) is 23.7 Å². The SMILES string of the molecule is Cc1ccc(N2C[C@H](C(=O)Nc3cc(Cl)ccc3C)CC2=O)cc1C. The van der Waals surface area contributed by atoms with E-state index in [0.29, 0.717) is 17.3 Å². The second-order valence-electron chi connectivity index (χ2n) is 6.62. The maximum absolute atomic E-state index is 12.6. The van der Waals surface area contributed by atoms with Crippen LogP contribution in [0.5, 0.6) is 0 Å². The summed E-state index contributed by atoms with van der Waals surface area (Å²) in [6.45, 7) is 6.36. The van der Waals surface area contributed by atoms with E-state index in [1.54, 1.807) is 17.0 Å². The number of benzene rings is 2. The van der Waals surface area contributed by atoms with Crippen LogP contribution >= 0.6 is 11.6 Å². The van der Waals surface area contributed by atoms with E-state index < -0.39 is 0 Å². The predicted molar refractivity (Wildman–Crippen MR) is 101 cm³/mol. The number of hydrogen-bond acceptors (Lipinski definition) is 2. The second kappa shape index (κ2) is 6.89. The summed E-state index contributed by atoms with van der Waals surface area (Å²) >= 11 is 6.00. The summed E-state index contributed by atoms with van der Waals surface area (Å²) in [5.41, 5.74) is 4.79. The zero-order valence-corrected chi connectivity index (χ0v) is 15.4. The summed E-state index contributed by atoms with van der Waals surface area (Å²) in [6.07, 6.45) is 0.221. The quantitative estimate of drug-likeness (QED) is 0.893. The van der Waals surface area contributed by atoms with E-state index in [2.05, 4.69) is 5.32 Å². The Morgan fingerprint density at radius 2 is 1.80 bits per heavy atom. The number of nitrogens with one attached hydrogen (secondary N) is 1. The molecule has 1 heterocycles. The van der Waals surface area contributed by atoms with Crippen LogP contribution in [0.15, 0.2) is 36.4 Å². The first-order chi connectivity index (χ1) is 11.8. The Bertz CT molecular complexity index is 848. The highest BCUT2D eigenvalue weighted by Gasteiger charge is 2.35. The number of carbonyl (C=O) groups is 2. The topological polar surface area (TPSA) is 49.4 Å². The van der Waals surface area contributed by atoms with E-state index >= 15 is 0 Å². The number of anilines is 2. The average Bonchev–Trinajstić information content (AvgIpc) is 2.95. The number of carbonyl (C=O) groups excluding carboxylic acids is 2. The van der Waals surface area contributed by atoms with E-state index in [1.807, 2.05) is 45.0 Å². The van der Waals surface area contributed by atoms with Gasteiger partial charge in [0.1, 0.15) is 0 Å².